The van der Waals surface area contributed by atoms with E-state index in [1.807, 2.05) is 26.8 Å². The summed E-state index contributed by atoms with van der Waals surface area (Å²) in [6.45, 7) is 12.6. The maximum Gasteiger partial charge on any atom is 0.270 e. The third-order valence-corrected chi connectivity index (χ3v) is 9.56. The van der Waals surface area contributed by atoms with E-state index in [0.717, 1.165) is 37.1 Å². The van der Waals surface area contributed by atoms with Gasteiger partial charge in [-0.2, -0.15) is 5.26 Å². The standard InChI is InChI=1S/C33H50N4O3S2/c1-6-8-10-11-12-13-14-15-16-17-19-37-32(39)29(42-33(37)41)20-27-26(5)28(21-34)31(38)36(18-9-7-2)30(27)35-22-24(3)40-25(4)23-35/h20,24-25H,6-19,22-23H2,1-5H3/b29-20-. The molecule has 0 spiro atoms. The first-order valence-electron chi connectivity index (χ1n) is 16.1. The minimum absolute atomic E-state index is 0.00783. The highest BCUT2D eigenvalue weighted by atomic mass is 32.2. The van der Waals surface area contributed by atoms with Gasteiger partial charge in [0.1, 0.15) is 21.8 Å². The number of hydrogen-bond donors (Lipinski definition) is 0. The van der Waals surface area contributed by atoms with Gasteiger partial charge >= 0.3 is 0 Å². The Balaban J connectivity index is 1.81. The first kappa shape index (κ1) is 34.3. The molecule has 2 atom stereocenters. The lowest BCUT2D eigenvalue weighted by molar-refractivity contribution is -0.122. The van der Waals surface area contributed by atoms with Crippen LogP contribution in [0.1, 0.15) is 121 Å². The average molecular weight is 615 g/mol. The summed E-state index contributed by atoms with van der Waals surface area (Å²) in [6.07, 6.45) is 16.0. The Hall–Kier alpha value is -2.15. The van der Waals surface area contributed by atoms with Crippen LogP contribution in [-0.4, -0.2) is 51.5 Å². The number of aromatic nitrogens is 1. The maximum absolute atomic E-state index is 13.6. The number of ether oxygens (including phenoxy) is 1. The molecule has 9 heteroatoms. The van der Waals surface area contributed by atoms with Crippen LogP contribution in [0, 0.1) is 18.3 Å². The molecule has 0 bridgehead atoms. The molecule has 42 heavy (non-hydrogen) atoms. The number of nitrogens with zero attached hydrogens (tertiary/aromatic N) is 4. The molecular formula is C33H50N4O3S2. The highest BCUT2D eigenvalue weighted by Crippen LogP contribution is 2.36. The van der Waals surface area contributed by atoms with E-state index < -0.39 is 0 Å². The minimum atomic E-state index is -0.268. The Morgan fingerprint density at radius 3 is 2.07 bits per heavy atom. The Kier molecular flexibility index (Phi) is 14.1. The van der Waals surface area contributed by atoms with Gasteiger partial charge in [-0.25, -0.2) is 0 Å². The summed E-state index contributed by atoms with van der Waals surface area (Å²) in [7, 11) is 0. The smallest absolute Gasteiger partial charge is 0.270 e. The van der Waals surface area contributed by atoms with Gasteiger partial charge in [0.15, 0.2) is 0 Å². The van der Waals surface area contributed by atoms with Crippen LogP contribution in [0.15, 0.2) is 9.70 Å². The Morgan fingerprint density at radius 1 is 0.929 bits per heavy atom. The van der Waals surface area contributed by atoms with Crippen molar-refractivity contribution in [3.05, 3.63) is 31.9 Å². The molecule has 2 saturated heterocycles. The van der Waals surface area contributed by atoms with Gasteiger partial charge in [0.2, 0.25) is 0 Å². The zero-order valence-corrected chi connectivity index (χ0v) is 28.0. The maximum atomic E-state index is 13.6. The molecule has 2 fully saturated rings. The van der Waals surface area contributed by atoms with Crippen LogP contribution in [0.4, 0.5) is 5.82 Å². The number of nitriles is 1. The van der Waals surface area contributed by atoms with E-state index in [4.69, 9.17) is 17.0 Å². The Labute approximate surface area is 262 Å². The van der Waals surface area contributed by atoms with Crippen LogP contribution in [-0.2, 0) is 16.1 Å². The number of carbonyl (C=O) groups excluding carboxylic acids is 1. The van der Waals surface area contributed by atoms with Gasteiger partial charge in [0, 0.05) is 31.7 Å². The number of thiocarbonyl (C=S) groups is 1. The number of carbonyl (C=O) groups is 1. The van der Waals surface area contributed by atoms with Gasteiger partial charge in [0.25, 0.3) is 11.5 Å². The highest BCUT2D eigenvalue weighted by Gasteiger charge is 2.34. The zero-order chi connectivity index (χ0) is 30.6. The van der Waals surface area contributed by atoms with Crippen molar-refractivity contribution in [2.24, 2.45) is 0 Å². The number of morpholine rings is 1. The number of hydrogen-bond acceptors (Lipinski definition) is 7. The van der Waals surface area contributed by atoms with Crippen LogP contribution in [0.3, 0.4) is 0 Å². The summed E-state index contributed by atoms with van der Waals surface area (Å²) in [6, 6.07) is 2.15. The molecule has 0 saturated carbocycles. The molecule has 1 aromatic heterocycles. The fourth-order valence-corrected chi connectivity index (χ4v) is 7.23. The molecule has 232 valence electrons. The summed E-state index contributed by atoms with van der Waals surface area (Å²) in [5.74, 6) is 0.687. The second-order valence-electron chi connectivity index (χ2n) is 11.8. The molecule has 3 heterocycles. The average Bonchev–Trinajstić information content (AvgIpc) is 3.21. The molecule has 1 amide bonds. The third-order valence-electron chi connectivity index (χ3n) is 8.19. The molecule has 3 rings (SSSR count). The number of unbranched alkanes of at least 4 members (excludes halogenated alkanes) is 10. The first-order chi connectivity index (χ1) is 20.2. The van der Waals surface area contributed by atoms with Crippen LogP contribution in [0.2, 0.25) is 0 Å². The fraction of sp³-hybridized carbons (Fsp3) is 0.697. The van der Waals surface area contributed by atoms with Crippen LogP contribution >= 0.6 is 24.0 Å². The largest absolute Gasteiger partial charge is 0.372 e. The van der Waals surface area contributed by atoms with E-state index in [-0.39, 0.29) is 29.2 Å². The second kappa shape index (κ2) is 17.2. The second-order valence-corrected chi connectivity index (χ2v) is 13.5. The van der Waals surface area contributed by atoms with Gasteiger partial charge < -0.3 is 9.64 Å². The van der Waals surface area contributed by atoms with E-state index >= 15 is 0 Å². The van der Waals surface area contributed by atoms with Crippen molar-refractivity contribution in [1.29, 1.82) is 5.26 Å². The van der Waals surface area contributed by atoms with Crippen molar-refractivity contribution in [2.45, 2.75) is 130 Å². The molecule has 0 radical (unpaired) electrons. The fourth-order valence-electron chi connectivity index (χ4n) is 5.94. The van der Waals surface area contributed by atoms with Gasteiger partial charge in [-0.15, -0.1) is 0 Å². The van der Waals surface area contributed by atoms with E-state index in [1.54, 1.807) is 9.47 Å². The van der Waals surface area contributed by atoms with E-state index in [1.165, 1.54) is 63.1 Å². The van der Waals surface area contributed by atoms with Gasteiger partial charge in [0.05, 0.1) is 17.1 Å². The normalized spacial score (nSPS) is 20.1. The number of pyridine rings is 1. The Morgan fingerprint density at radius 2 is 1.50 bits per heavy atom. The molecule has 2 aliphatic heterocycles. The summed E-state index contributed by atoms with van der Waals surface area (Å²) in [5.41, 5.74) is 1.23. The SMILES string of the molecule is CCCCCCCCCCCCN1C(=O)/C(=C/c2c(C)c(C#N)c(=O)n(CCCC)c2N2CC(C)OC(C)C2)SC1=S. The molecule has 2 unspecified atom stereocenters. The number of amides is 1. The van der Waals surface area contributed by atoms with Crippen molar-refractivity contribution < 1.29 is 9.53 Å². The van der Waals surface area contributed by atoms with E-state index in [2.05, 4.69) is 24.8 Å². The van der Waals surface area contributed by atoms with Crippen LogP contribution in [0.5, 0.6) is 0 Å². The first-order valence-corrected chi connectivity index (χ1v) is 17.3. The topological polar surface area (TPSA) is 78.6 Å². The molecular weight excluding hydrogens is 565 g/mol. The van der Waals surface area contributed by atoms with Crippen molar-refractivity contribution in [2.75, 3.05) is 24.5 Å². The summed E-state index contributed by atoms with van der Waals surface area (Å²) in [4.78, 5) is 31.6. The van der Waals surface area contributed by atoms with Crippen LogP contribution in [0.25, 0.3) is 6.08 Å². The van der Waals surface area contributed by atoms with Gasteiger partial charge in [-0.1, -0.05) is 102 Å². The molecule has 0 aromatic carbocycles. The number of thioether (sulfide) groups is 1. The van der Waals surface area contributed by atoms with Crippen molar-refractivity contribution in [1.82, 2.24) is 9.47 Å². The predicted molar refractivity (Wildman–Crippen MR) is 179 cm³/mol. The monoisotopic (exact) mass is 614 g/mol. The minimum Gasteiger partial charge on any atom is -0.372 e. The molecule has 0 aliphatic carbocycles. The zero-order valence-electron chi connectivity index (χ0n) is 26.4. The number of anilines is 1. The third kappa shape index (κ3) is 8.93. The van der Waals surface area contributed by atoms with E-state index in [0.29, 0.717) is 41.0 Å². The molecule has 2 aliphatic rings. The summed E-state index contributed by atoms with van der Waals surface area (Å²) in [5, 5.41) is 9.96. The quantitative estimate of drug-likeness (QED) is 0.108. The molecule has 1 aromatic rings. The van der Waals surface area contributed by atoms with Crippen molar-refractivity contribution >= 4 is 46.1 Å². The number of rotatable bonds is 16. The lowest BCUT2D eigenvalue weighted by Crippen LogP contribution is -2.48. The van der Waals surface area contributed by atoms with Crippen molar-refractivity contribution in [3.63, 3.8) is 0 Å². The highest BCUT2D eigenvalue weighted by molar-refractivity contribution is 8.26. The molecule has 0 N–H and O–H groups in total. The lowest BCUT2D eigenvalue weighted by Gasteiger charge is -2.39. The van der Waals surface area contributed by atoms with Crippen LogP contribution < -0.4 is 10.5 Å². The molecule has 7 nitrogen and oxygen atoms in total. The van der Waals surface area contributed by atoms with Gasteiger partial charge in [-0.3, -0.25) is 19.1 Å². The van der Waals surface area contributed by atoms with Crippen molar-refractivity contribution in [3.8, 4) is 6.07 Å². The predicted octanol–water partition coefficient (Wildman–Crippen LogP) is 7.56. The lowest BCUT2D eigenvalue weighted by atomic mass is 10.0. The van der Waals surface area contributed by atoms with Gasteiger partial charge in [-0.05, 0) is 45.3 Å². The Bertz CT molecular complexity index is 1210. The van der Waals surface area contributed by atoms with E-state index in [9.17, 15) is 14.9 Å². The summed E-state index contributed by atoms with van der Waals surface area (Å²) >= 11 is 6.97. The summed E-state index contributed by atoms with van der Waals surface area (Å²) < 4.78 is 8.32.